The van der Waals surface area contributed by atoms with Gasteiger partial charge in [0.15, 0.2) is 23.1 Å². The molecule has 3 aromatic rings. The maximum Gasteiger partial charge on any atom is 0.239 e. The number of benzene rings is 2. The number of methoxy groups -OCH3 is 1. The van der Waals surface area contributed by atoms with Gasteiger partial charge in [0.05, 0.1) is 36.6 Å². The predicted molar refractivity (Wildman–Crippen MR) is 148 cm³/mol. The first-order valence-corrected chi connectivity index (χ1v) is 13.4. The lowest BCUT2D eigenvalue weighted by atomic mass is 10.0. The Hall–Kier alpha value is -4.23. The summed E-state index contributed by atoms with van der Waals surface area (Å²) in [5, 5.41) is 18.2. The lowest BCUT2D eigenvalue weighted by Crippen LogP contribution is -2.44. The fraction of sp³-hybridized carbons (Fsp3) is 0.393. The summed E-state index contributed by atoms with van der Waals surface area (Å²) in [6.45, 7) is 1.96. The van der Waals surface area contributed by atoms with Gasteiger partial charge in [-0.1, -0.05) is 12.5 Å². The number of halogens is 2. The molecular formula is C28H33F2N7O4. The third-order valence-electron chi connectivity index (χ3n) is 7.22. The van der Waals surface area contributed by atoms with E-state index in [1.807, 2.05) is 0 Å². The van der Waals surface area contributed by atoms with Crippen LogP contribution in [0.15, 0.2) is 47.7 Å². The Bertz CT molecular complexity index is 1530. The van der Waals surface area contributed by atoms with Crippen LogP contribution in [0.25, 0.3) is 5.82 Å². The number of aromatic nitrogens is 2. The molecule has 0 bridgehead atoms. The number of primary amides is 1. The summed E-state index contributed by atoms with van der Waals surface area (Å²) in [5.74, 6) is -1.22. The minimum atomic E-state index is -1.01. The molecule has 13 heteroatoms. The molecule has 2 aromatic carbocycles. The summed E-state index contributed by atoms with van der Waals surface area (Å²) in [7, 11) is 1.52. The highest BCUT2D eigenvalue weighted by Gasteiger charge is 2.24. The van der Waals surface area contributed by atoms with Crippen molar-refractivity contribution < 1.29 is 28.2 Å². The second kappa shape index (κ2) is 12.5. The topological polar surface area (TPSA) is 130 Å². The van der Waals surface area contributed by atoms with Crippen molar-refractivity contribution in [2.75, 3.05) is 50.3 Å². The van der Waals surface area contributed by atoms with Gasteiger partial charge in [0.2, 0.25) is 5.91 Å². The zero-order valence-corrected chi connectivity index (χ0v) is 22.7. The Morgan fingerprint density at radius 2 is 2.10 bits per heavy atom. The standard InChI is InChI=1S/C28H33F2N7O4/c1-40-24-11-20-22(12-25(24)41-10-9-35-8-3-2-5-19(35)16-38)32-17-37(23-7-4-6-21(29)27(23)30)28(20)34-18-13-33-36(14-18)15-26(31)39/h4,6-7,11-14,19,34,38H,2-3,5,8-10,15-17H2,1H3,(H2,31,39). The molecule has 0 saturated carbocycles. The fourth-order valence-electron chi connectivity index (χ4n) is 5.18. The van der Waals surface area contributed by atoms with Gasteiger partial charge in [-0.3, -0.25) is 19.4 Å². The number of nitrogens with one attached hydrogen (secondary N) is 1. The van der Waals surface area contributed by atoms with E-state index in [1.54, 1.807) is 18.3 Å². The van der Waals surface area contributed by atoms with Crippen molar-refractivity contribution in [2.45, 2.75) is 31.8 Å². The average Bonchev–Trinajstić information content (AvgIpc) is 3.40. The highest BCUT2D eigenvalue weighted by atomic mass is 19.2. The van der Waals surface area contributed by atoms with Crippen molar-refractivity contribution in [1.82, 2.24) is 14.7 Å². The Labute approximate surface area is 235 Å². The van der Waals surface area contributed by atoms with E-state index in [1.165, 1.54) is 35.0 Å². The highest BCUT2D eigenvalue weighted by molar-refractivity contribution is 5.78. The van der Waals surface area contributed by atoms with Crippen LogP contribution in [0.3, 0.4) is 0 Å². The smallest absolute Gasteiger partial charge is 0.239 e. The Balaban J connectivity index is 1.50. The van der Waals surface area contributed by atoms with Crippen molar-refractivity contribution in [1.29, 1.82) is 0 Å². The van der Waals surface area contributed by atoms with Gasteiger partial charge in [0, 0.05) is 30.1 Å². The van der Waals surface area contributed by atoms with E-state index in [4.69, 9.17) is 15.2 Å². The number of fused-ring (bicyclic) bond motifs is 1. The molecule has 0 aliphatic carbocycles. The van der Waals surface area contributed by atoms with Gasteiger partial charge in [-0.2, -0.15) is 5.10 Å². The maximum atomic E-state index is 14.9. The van der Waals surface area contributed by atoms with Gasteiger partial charge >= 0.3 is 0 Å². The fourth-order valence-corrected chi connectivity index (χ4v) is 5.18. The van der Waals surface area contributed by atoms with E-state index in [0.717, 1.165) is 31.9 Å². The number of hydrogen-bond donors (Lipinski definition) is 3. The Kier molecular flexibility index (Phi) is 8.64. The third kappa shape index (κ3) is 6.25. The summed E-state index contributed by atoms with van der Waals surface area (Å²) in [4.78, 5) is 19.7. The van der Waals surface area contributed by atoms with Gasteiger partial charge in [-0.05, 0) is 37.6 Å². The van der Waals surface area contributed by atoms with Gasteiger partial charge in [0.1, 0.15) is 25.6 Å². The summed E-state index contributed by atoms with van der Waals surface area (Å²) >= 11 is 0. The summed E-state index contributed by atoms with van der Waals surface area (Å²) in [6, 6.07) is 7.56. The van der Waals surface area contributed by atoms with Crippen molar-refractivity contribution >= 4 is 23.1 Å². The molecule has 1 fully saturated rings. The quantitative estimate of drug-likeness (QED) is 0.314. The average molecular weight is 570 g/mol. The van der Waals surface area contributed by atoms with Crippen LogP contribution in [-0.4, -0.2) is 71.8 Å². The predicted octanol–water partition coefficient (Wildman–Crippen LogP) is 1.16. The Morgan fingerprint density at radius 3 is 2.88 bits per heavy atom. The third-order valence-corrected chi connectivity index (χ3v) is 7.22. The molecule has 1 saturated heterocycles. The number of piperidine rings is 1. The van der Waals surface area contributed by atoms with E-state index in [9.17, 15) is 18.7 Å². The molecule has 2 aliphatic rings. The van der Waals surface area contributed by atoms with Crippen LogP contribution >= 0.6 is 0 Å². The number of ether oxygens (including phenoxy) is 2. The maximum absolute atomic E-state index is 14.9. The van der Waals surface area contributed by atoms with Crippen molar-refractivity contribution in [3.05, 3.63) is 64.9 Å². The number of carbonyl (C=O) groups excluding carboxylic acids is 1. The molecule has 41 heavy (non-hydrogen) atoms. The lowest BCUT2D eigenvalue weighted by molar-refractivity contribution is -0.118. The van der Waals surface area contributed by atoms with Gasteiger partial charge < -0.3 is 30.5 Å². The molecule has 3 heterocycles. The van der Waals surface area contributed by atoms with E-state index >= 15 is 0 Å². The van der Waals surface area contributed by atoms with E-state index in [0.29, 0.717) is 46.7 Å². The molecule has 1 unspecified atom stereocenters. The van der Waals surface area contributed by atoms with Crippen molar-refractivity contribution in [3.63, 3.8) is 0 Å². The summed E-state index contributed by atoms with van der Waals surface area (Å²) in [5.41, 5.74) is 5.77. The molecule has 1 atom stereocenters. The van der Waals surface area contributed by atoms with Crippen LogP contribution in [0.1, 0.15) is 19.3 Å². The molecule has 0 spiro atoms. The molecule has 1 aromatic heterocycles. The van der Waals surface area contributed by atoms with Crippen molar-refractivity contribution in [2.24, 2.45) is 10.7 Å². The number of likely N-dealkylation sites (tertiary alicyclic amines) is 1. The molecule has 218 valence electrons. The van der Waals surface area contributed by atoms with Crippen LogP contribution in [0.2, 0.25) is 0 Å². The number of hydrogen-bond acceptors (Lipinski definition) is 9. The van der Waals surface area contributed by atoms with Crippen molar-refractivity contribution in [3.8, 4) is 11.5 Å². The van der Waals surface area contributed by atoms with Gasteiger partial charge in [-0.25, -0.2) is 8.78 Å². The van der Waals surface area contributed by atoms with Gasteiger partial charge in [0.25, 0.3) is 0 Å². The number of nitrogens with zero attached hydrogens (tertiary/aromatic N) is 5. The first-order chi connectivity index (χ1) is 19.9. The first kappa shape index (κ1) is 28.3. The van der Waals surface area contributed by atoms with Gasteiger partial charge in [-0.15, -0.1) is 0 Å². The van der Waals surface area contributed by atoms with E-state index < -0.39 is 17.5 Å². The second-order valence-corrected chi connectivity index (χ2v) is 9.90. The van der Waals surface area contributed by atoms with E-state index in [2.05, 4.69) is 20.3 Å². The number of carbonyl (C=O) groups is 1. The van der Waals surface area contributed by atoms with Crippen LogP contribution in [0.5, 0.6) is 11.5 Å². The molecule has 5 rings (SSSR count). The zero-order valence-electron chi connectivity index (χ0n) is 22.7. The SMILES string of the molecule is COc1cc2c(cc1OCCN1CCCCC1CO)=NCN(c1cccc(F)c1F)C=2Nc1cnn(CC(N)=O)c1. The molecule has 4 N–H and O–H groups in total. The Morgan fingerprint density at radius 1 is 1.24 bits per heavy atom. The summed E-state index contributed by atoms with van der Waals surface area (Å²) < 4.78 is 42.3. The number of aliphatic hydroxyl groups excluding tert-OH is 1. The number of amides is 1. The molecule has 0 radical (unpaired) electrons. The monoisotopic (exact) mass is 569 g/mol. The van der Waals surface area contributed by atoms with Crippen LogP contribution < -0.4 is 36.0 Å². The van der Waals surface area contributed by atoms with Crippen LogP contribution in [-0.2, 0) is 11.3 Å². The highest BCUT2D eigenvalue weighted by Crippen LogP contribution is 2.29. The number of nitrogens with two attached hydrogens (primary N) is 1. The number of anilines is 2. The molecule has 11 nitrogen and oxygen atoms in total. The second-order valence-electron chi connectivity index (χ2n) is 9.90. The lowest BCUT2D eigenvalue weighted by Gasteiger charge is -2.34. The van der Waals surface area contributed by atoms with Crippen LogP contribution in [0, 0.1) is 11.6 Å². The minimum Gasteiger partial charge on any atom is -0.493 e. The molecule has 2 aliphatic heterocycles. The normalized spacial score (nSPS) is 17.1. The number of rotatable bonds is 11. The minimum absolute atomic E-state index is 0.00862. The molecular weight excluding hydrogens is 536 g/mol. The largest absolute Gasteiger partial charge is 0.493 e. The summed E-state index contributed by atoms with van der Waals surface area (Å²) in [6.07, 6.45) is 6.24. The van der Waals surface area contributed by atoms with E-state index in [-0.39, 0.29) is 31.5 Å². The number of aliphatic hydroxyl groups is 1. The zero-order chi connectivity index (χ0) is 28.9. The molecule has 1 amide bonds. The van der Waals surface area contributed by atoms with Crippen LogP contribution in [0.4, 0.5) is 20.2 Å². The first-order valence-electron chi connectivity index (χ1n) is 13.4.